The molecule has 10 N–H and O–H groups in total. The number of hydrogen-bond acceptors (Lipinski definition) is 20. The van der Waals surface area contributed by atoms with Crippen LogP contribution in [0.5, 0.6) is 0 Å². The van der Waals surface area contributed by atoms with Gasteiger partial charge in [-0.05, 0) is 119 Å². The van der Waals surface area contributed by atoms with Crippen LogP contribution in [0, 0.1) is 10.1 Å². The number of nitrogens with one attached hydrogen (secondary N) is 6. The zero-order valence-corrected chi connectivity index (χ0v) is 43.6. The molecule has 12 atom stereocenters. The number of methoxy groups -OCH3 is 1. The quantitative estimate of drug-likeness (QED) is 0.0428. The molecule has 1 saturated carbocycles. The van der Waals surface area contributed by atoms with Crippen LogP contribution < -0.4 is 31.9 Å². The van der Waals surface area contributed by atoms with Crippen molar-refractivity contribution < 1.29 is 87.2 Å². The van der Waals surface area contributed by atoms with E-state index < -0.39 is 119 Å². The Kier molecular flexibility index (Phi) is 23.0. The maximum atomic E-state index is 13.6. The topological polar surface area (TPSA) is 355 Å². The third-order valence-electron chi connectivity index (χ3n) is 10.8. The highest BCUT2D eigenvalue weighted by Crippen LogP contribution is 2.33. The van der Waals surface area contributed by atoms with Gasteiger partial charge in [-0.15, -0.1) is 0 Å². The molecule has 0 spiro atoms. The highest BCUT2D eigenvalue weighted by molar-refractivity contribution is 5.81. The standard InChI is InChI=1S/C39H68N6O16.C8H9NO3/c1-36(2,3)59-33(51)42-15-14-24(47)30(50)43-22-16-23(45-35(53)61-38(7,8)9)28(25(48)27(22)58-32-26(49)29(40-11)39(10,54)18-55-32)57-31-21(44-34(52)60-37(4,5)6)13-12-20(56-31)17-41-19-46;1-12-6-7-2-4-8(5-3-7)9(10)11/h12,19,21-29,31-32,40,47-49,54H,13-18H2,1-11H3,(H,41,46)(H,42,51)(H,43,50)(H,44,52)(H,45,53);2-5H,6H2,1H3. The Morgan fingerprint density at radius 1 is 0.849 bits per heavy atom. The molecular formula is C47H77N7O19. The second-order valence-electron chi connectivity index (χ2n) is 20.8. The molecular weight excluding hydrogens is 967 g/mol. The van der Waals surface area contributed by atoms with Gasteiger partial charge in [0, 0.05) is 25.8 Å². The van der Waals surface area contributed by atoms with E-state index in [2.05, 4.69) is 31.9 Å². The van der Waals surface area contributed by atoms with E-state index in [0.717, 1.165) is 5.56 Å². The molecule has 2 fully saturated rings. The van der Waals surface area contributed by atoms with Crippen molar-refractivity contribution in [3.05, 3.63) is 51.8 Å². The zero-order valence-electron chi connectivity index (χ0n) is 43.6. The molecule has 0 bridgehead atoms. The Balaban J connectivity index is 0.00000102. The molecule has 414 valence electrons. The Morgan fingerprint density at radius 2 is 1.38 bits per heavy atom. The average molecular weight is 1040 g/mol. The monoisotopic (exact) mass is 1040 g/mol. The number of carbonyl (C=O) groups excluding carboxylic acids is 5. The molecule has 4 rings (SSSR count). The van der Waals surface area contributed by atoms with Crippen LogP contribution in [0.15, 0.2) is 36.1 Å². The van der Waals surface area contributed by atoms with Gasteiger partial charge in [0.05, 0.1) is 48.8 Å². The Morgan fingerprint density at radius 3 is 1.90 bits per heavy atom. The van der Waals surface area contributed by atoms with Gasteiger partial charge in [-0.1, -0.05) is 0 Å². The third kappa shape index (κ3) is 20.8. The van der Waals surface area contributed by atoms with Crippen LogP contribution in [0.1, 0.15) is 94.1 Å². The van der Waals surface area contributed by atoms with Crippen molar-refractivity contribution >= 4 is 36.3 Å². The fraction of sp³-hybridized carbons (Fsp3) is 0.723. The van der Waals surface area contributed by atoms with E-state index >= 15 is 0 Å². The summed E-state index contributed by atoms with van der Waals surface area (Å²) in [6, 6.07) is 1.90. The van der Waals surface area contributed by atoms with Crippen molar-refractivity contribution in [3.8, 4) is 0 Å². The number of aliphatic hydroxyl groups is 4. The molecule has 5 amide bonds. The van der Waals surface area contributed by atoms with Gasteiger partial charge in [0.2, 0.25) is 18.6 Å². The number of hydrogen-bond donors (Lipinski definition) is 10. The van der Waals surface area contributed by atoms with Crippen molar-refractivity contribution in [1.82, 2.24) is 31.9 Å². The normalized spacial score (nSPS) is 27.7. The van der Waals surface area contributed by atoms with E-state index in [1.54, 1.807) is 87.6 Å². The molecule has 1 aliphatic carbocycles. The molecule has 26 nitrogen and oxygen atoms in total. The number of nitrogens with zero attached hydrogens (tertiary/aromatic N) is 1. The summed E-state index contributed by atoms with van der Waals surface area (Å²) < 4.78 is 45.6. The molecule has 1 aromatic rings. The van der Waals surface area contributed by atoms with E-state index in [1.165, 1.54) is 26.1 Å². The summed E-state index contributed by atoms with van der Waals surface area (Å²) in [5, 5.41) is 71.5. The first-order chi connectivity index (χ1) is 33.9. The summed E-state index contributed by atoms with van der Waals surface area (Å²) in [7, 11) is 3.10. The van der Waals surface area contributed by atoms with Gasteiger partial charge >= 0.3 is 18.3 Å². The highest BCUT2D eigenvalue weighted by atomic mass is 16.7. The van der Waals surface area contributed by atoms with Crippen molar-refractivity contribution in [3.63, 3.8) is 0 Å². The van der Waals surface area contributed by atoms with Crippen molar-refractivity contribution in [1.29, 1.82) is 0 Å². The van der Waals surface area contributed by atoms with Gasteiger partial charge in [-0.25, -0.2) is 14.4 Å². The fourth-order valence-corrected chi connectivity index (χ4v) is 7.70. The number of likely N-dealkylation sites (N-methyl/N-ethyl adjacent to an activating group) is 1. The van der Waals surface area contributed by atoms with Gasteiger partial charge < -0.3 is 90.2 Å². The zero-order chi connectivity index (χ0) is 55.1. The summed E-state index contributed by atoms with van der Waals surface area (Å²) >= 11 is 0. The van der Waals surface area contributed by atoms with Crippen LogP contribution >= 0.6 is 0 Å². The predicted molar refractivity (Wildman–Crippen MR) is 258 cm³/mol. The molecule has 12 unspecified atom stereocenters. The average Bonchev–Trinajstić information content (AvgIpc) is 3.25. The number of benzene rings is 1. The molecule has 2 heterocycles. The van der Waals surface area contributed by atoms with Gasteiger partial charge in [0.15, 0.2) is 6.29 Å². The number of alkyl carbamates (subject to hydrolysis) is 3. The number of amides is 5. The van der Waals surface area contributed by atoms with E-state index in [4.69, 9.17) is 37.9 Å². The van der Waals surface area contributed by atoms with Gasteiger partial charge in [-0.3, -0.25) is 19.7 Å². The van der Waals surface area contributed by atoms with E-state index in [1.807, 2.05) is 0 Å². The van der Waals surface area contributed by atoms with Crippen molar-refractivity contribution in [2.45, 2.75) is 185 Å². The number of ether oxygens (including phenoxy) is 8. The summed E-state index contributed by atoms with van der Waals surface area (Å²) in [4.78, 5) is 73.0. The minimum Gasteiger partial charge on any atom is -0.465 e. The lowest BCUT2D eigenvalue weighted by Gasteiger charge is -2.49. The Labute approximate surface area is 425 Å². The maximum Gasteiger partial charge on any atom is 0.408 e. The van der Waals surface area contributed by atoms with Crippen LogP contribution in [0.25, 0.3) is 0 Å². The van der Waals surface area contributed by atoms with Crippen LogP contribution in [0.4, 0.5) is 20.1 Å². The number of nitro groups is 1. The predicted octanol–water partition coefficient (Wildman–Crippen LogP) is 1.24. The minimum atomic E-state index is -1.82. The van der Waals surface area contributed by atoms with E-state index in [9.17, 15) is 54.5 Å². The smallest absolute Gasteiger partial charge is 0.408 e. The number of carbonyl (C=O) groups is 5. The summed E-state index contributed by atoms with van der Waals surface area (Å²) in [6.07, 6.45) is -11.8. The van der Waals surface area contributed by atoms with Crippen LogP contribution in [-0.4, -0.2) is 179 Å². The Hall–Kier alpha value is -5.45. The molecule has 73 heavy (non-hydrogen) atoms. The first kappa shape index (κ1) is 61.8. The number of non-ortho nitro benzene ring substituents is 1. The second-order valence-corrected chi connectivity index (χ2v) is 20.8. The number of nitro benzene ring substituents is 1. The highest BCUT2D eigenvalue weighted by Gasteiger charge is 2.53. The maximum absolute atomic E-state index is 13.6. The number of aliphatic hydroxyl groups excluding tert-OH is 3. The molecule has 0 radical (unpaired) electrons. The number of rotatable bonds is 18. The summed E-state index contributed by atoms with van der Waals surface area (Å²) in [5.41, 5.74) is -3.13. The third-order valence-corrected chi connectivity index (χ3v) is 10.8. The molecule has 0 aromatic heterocycles. The second kappa shape index (κ2) is 27.2. The van der Waals surface area contributed by atoms with E-state index in [0.29, 0.717) is 13.0 Å². The van der Waals surface area contributed by atoms with Gasteiger partial charge in [0.1, 0.15) is 58.7 Å². The Bertz CT molecular complexity index is 2010. The first-order valence-electron chi connectivity index (χ1n) is 23.7. The largest absolute Gasteiger partial charge is 0.465 e. The van der Waals surface area contributed by atoms with E-state index in [-0.39, 0.29) is 50.4 Å². The molecule has 3 aliphatic rings. The van der Waals surface area contributed by atoms with Crippen molar-refractivity contribution in [2.24, 2.45) is 0 Å². The molecule has 1 saturated heterocycles. The van der Waals surface area contributed by atoms with Crippen LogP contribution in [0.2, 0.25) is 0 Å². The molecule has 1 aromatic carbocycles. The minimum absolute atomic E-state index is 0.0574. The summed E-state index contributed by atoms with van der Waals surface area (Å²) in [6.45, 7) is 16.4. The lowest BCUT2D eigenvalue weighted by atomic mass is 9.82. The summed E-state index contributed by atoms with van der Waals surface area (Å²) in [5.74, 6) is -0.693. The lowest BCUT2D eigenvalue weighted by Crippen LogP contribution is -2.70. The molecule has 26 heteroatoms. The van der Waals surface area contributed by atoms with Crippen LogP contribution in [0.3, 0.4) is 0 Å². The molecule has 2 aliphatic heterocycles. The fourth-order valence-electron chi connectivity index (χ4n) is 7.70. The van der Waals surface area contributed by atoms with Crippen molar-refractivity contribution in [2.75, 3.05) is 33.9 Å². The lowest BCUT2D eigenvalue weighted by molar-refractivity contribution is -0.384. The van der Waals surface area contributed by atoms with Gasteiger partial charge in [0.25, 0.3) is 5.69 Å². The van der Waals surface area contributed by atoms with Gasteiger partial charge in [-0.2, -0.15) is 0 Å². The van der Waals surface area contributed by atoms with Crippen LogP contribution in [-0.2, 0) is 54.1 Å². The first-order valence-corrected chi connectivity index (χ1v) is 23.7. The SMILES string of the molecule is CNC1C(O)C(OC2C(NC(=O)C(O)CCNC(=O)OC(C)(C)C)CC(NC(=O)OC(C)(C)C)C(OC3OC(CNC=O)=CCC3NC(=O)OC(C)(C)C)C2O)OCC1(C)O.COCc1ccc([N+](=O)[O-])cc1.